The number of hydrogen-bond acceptors (Lipinski definition) is 5. The topological polar surface area (TPSA) is 131 Å². The maximum atomic E-state index is 14.0. The molecule has 0 saturated carbocycles. The summed E-state index contributed by atoms with van der Waals surface area (Å²) < 4.78 is 5.31. The van der Waals surface area contributed by atoms with Crippen molar-refractivity contribution in [2.45, 2.75) is 92.0 Å². The zero-order valence-electron chi connectivity index (χ0n) is 24.3. The number of benzene rings is 2. The highest BCUT2D eigenvalue weighted by Crippen LogP contribution is 2.29. The Hall–Kier alpha value is -3.88. The molecule has 0 fully saturated rings. The van der Waals surface area contributed by atoms with Gasteiger partial charge in [-0.2, -0.15) is 0 Å². The van der Waals surface area contributed by atoms with E-state index in [2.05, 4.69) is 10.6 Å². The lowest BCUT2D eigenvalue weighted by Crippen LogP contribution is -2.55. The maximum Gasteiger partial charge on any atom is 0.408 e. The van der Waals surface area contributed by atoms with Gasteiger partial charge in [-0.05, 0) is 77.1 Å². The third kappa shape index (κ3) is 8.84. The zero-order valence-corrected chi connectivity index (χ0v) is 24.3. The molecule has 0 radical (unpaired) electrons. The van der Waals surface area contributed by atoms with Crippen molar-refractivity contribution in [2.75, 3.05) is 5.32 Å². The number of para-hydroxylation sites is 1. The second-order valence-electron chi connectivity index (χ2n) is 11.0. The van der Waals surface area contributed by atoms with Gasteiger partial charge in [-0.3, -0.25) is 14.4 Å². The molecule has 0 aliphatic rings. The van der Waals surface area contributed by atoms with Crippen LogP contribution in [0.4, 0.5) is 10.5 Å². The van der Waals surface area contributed by atoms with Crippen LogP contribution in [-0.4, -0.2) is 46.4 Å². The molecule has 0 bridgehead atoms. The zero-order chi connectivity index (χ0) is 29.5. The summed E-state index contributed by atoms with van der Waals surface area (Å²) in [5, 5.41) is 5.50. The van der Waals surface area contributed by atoms with E-state index in [9.17, 15) is 19.2 Å². The fraction of sp³-hybridized carbons (Fsp3) is 0.467. The molecule has 0 aromatic heterocycles. The summed E-state index contributed by atoms with van der Waals surface area (Å²) in [6.07, 6.45) is -0.511. The van der Waals surface area contributed by atoms with Crippen LogP contribution in [0.15, 0.2) is 42.5 Å². The number of hydrogen-bond donors (Lipinski definition) is 3. The Kier molecular flexibility index (Phi) is 10.7. The Morgan fingerprint density at radius 3 is 2.00 bits per heavy atom. The van der Waals surface area contributed by atoms with Crippen LogP contribution in [0, 0.1) is 13.8 Å². The number of alkyl carbamates (subject to hydrolysis) is 1. The second kappa shape index (κ2) is 13.3. The van der Waals surface area contributed by atoms with Gasteiger partial charge in [0.25, 0.3) is 5.91 Å². The first-order valence-electron chi connectivity index (χ1n) is 13.2. The number of aryl methyl sites for hydroxylation is 3. The van der Waals surface area contributed by atoms with Crippen molar-refractivity contribution in [3.05, 3.63) is 64.7 Å². The lowest BCUT2D eigenvalue weighted by atomic mass is 9.98. The third-order valence-electron chi connectivity index (χ3n) is 6.16. The molecule has 2 rings (SSSR count). The summed E-state index contributed by atoms with van der Waals surface area (Å²) in [7, 11) is 0. The minimum Gasteiger partial charge on any atom is -0.444 e. The molecule has 9 nitrogen and oxygen atoms in total. The van der Waals surface area contributed by atoms with Crippen molar-refractivity contribution in [2.24, 2.45) is 5.73 Å². The SMILES string of the molecule is CCc1ccc(C(C(=O)Nc2c(C)cccc2C)N(C(=O)C(CC(N)=O)NC(=O)OC(C)(C)C)C(C)C)cc1. The van der Waals surface area contributed by atoms with Crippen molar-refractivity contribution < 1.29 is 23.9 Å². The summed E-state index contributed by atoms with van der Waals surface area (Å²) >= 11 is 0. The Labute approximate surface area is 231 Å². The standard InChI is InChI=1S/C30H42N4O5/c1-9-21-13-15-22(16-14-21)26(27(36)33-25-19(4)11-10-12-20(25)5)34(18(2)3)28(37)23(17-24(31)35)32-29(38)39-30(6,7)8/h10-16,18,23,26H,9,17H2,1-8H3,(H2,31,35)(H,32,38)(H,33,36). The number of nitrogens with one attached hydrogen (secondary N) is 2. The first-order chi connectivity index (χ1) is 18.1. The van der Waals surface area contributed by atoms with Gasteiger partial charge in [0, 0.05) is 11.7 Å². The van der Waals surface area contributed by atoms with E-state index in [0.29, 0.717) is 11.3 Å². The smallest absolute Gasteiger partial charge is 0.408 e. The third-order valence-corrected chi connectivity index (χ3v) is 6.16. The molecular formula is C30H42N4O5. The molecule has 0 heterocycles. The lowest BCUT2D eigenvalue weighted by molar-refractivity contribution is -0.143. The van der Waals surface area contributed by atoms with Crippen molar-refractivity contribution in [1.29, 1.82) is 0 Å². The van der Waals surface area contributed by atoms with Crippen LogP contribution >= 0.6 is 0 Å². The average Bonchev–Trinajstić information content (AvgIpc) is 2.82. The molecule has 39 heavy (non-hydrogen) atoms. The van der Waals surface area contributed by atoms with Crippen LogP contribution in [0.5, 0.6) is 0 Å². The van der Waals surface area contributed by atoms with Crippen molar-refractivity contribution in [1.82, 2.24) is 10.2 Å². The van der Waals surface area contributed by atoms with Gasteiger partial charge in [0.2, 0.25) is 11.8 Å². The fourth-order valence-electron chi connectivity index (χ4n) is 4.29. The summed E-state index contributed by atoms with van der Waals surface area (Å²) in [5.41, 5.74) is 8.71. The van der Waals surface area contributed by atoms with Crippen molar-refractivity contribution in [3.8, 4) is 0 Å². The van der Waals surface area contributed by atoms with E-state index >= 15 is 0 Å². The van der Waals surface area contributed by atoms with E-state index in [1.165, 1.54) is 4.90 Å². The number of nitrogens with zero attached hydrogens (tertiary/aromatic N) is 1. The van der Waals surface area contributed by atoms with Gasteiger partial charge in [0.1, 0.15) is 17.7 Å². The van der Waals surface area contributed by atoms with Crippen LogP contribution in [0.1, 0.15) is 76.3 Å². The fourth-order valence-corrected chi connectivity index (χ4v) is 4.29. The predicted molar refractivity (Wildman–Crippen MR) is 152 cm³/mol. The Morgan fingerprint density at radius 2 is 1.54 bits per heavy atom. The van der Waals surface area contributed by atoms with Gasteiger partial charge in [-0.15, -0.1) is 0 Å². The van der Waals surface area contributed by atoms with Gasteiger partial charge >= 0.3 is 6.09 Å². The normalized spacial score (nSPS) is 12.8. The molecule has 0 aliphatic heterocycles. The molecular weight excluding hydrogens is 496 g/mol. The van der Waals surface area contributed by atoms with Crippen LogP contribution in [-0.2, 0) is 25.5 Å². The number of amides is 4. The Morgan fingerprint density at radius 1 is 0.974 bits per heavy atom. The first kappa shape index (κ1) is 31.3. The number of nitrogens with two attached hydrogens (primary N) is 1. The molecule has 9 heteroatoms. The van der Waals surface area contributed by atoms with Gasteiger partial charge in [-0.25, -0.2) is 4.79 Å². The maximum absolute atomic E-state index is 14.0. The van der Waals surface area contributed by atoms with Crippen LogP contribution < -0.4 is 16.4 Å². The second-order valence-corrected chi connectivity index (χ2v) is 11.0. The van der Waals surface area contributed by atoms with E-state index in [0.717, 1.165) is 23.1 Å². The number of ether oxygens (including phenoxy) is 1. The Balaban J connectivity index is 2.58. The molecule has 4 N–H and O–H groups in total. The quantitative estimate of drug-likeness (QED) is 0.408. The molecule has 2 aromatic carbocycles. The molecule has 2 unspecified atom stereocenters. The van der Waals surface area contributed by atoms with Crippen LogP contribution in [0.3, 0.4) is 0 Å². The minimum absolute atomic E-state index is 0.422. The number of carbonyl (C=O) groups is 4. The summed E-state index contributed by atoms with van der Waals surface area (Å²) in [6, 6.07) is 10.3. The van der Waals surface area contributed by atoms with Crippen molar-refractivity contribution in [3.63, 3.8) is 0 Å². The molecule has 0 saturated heterocycles. The average molecular weight is 539 g/mol. The largest absolute Gasteiger partial charge is 0.444 e. The summed E-state index contributed by atoms with van der Waals surface area (Å²) in [4.78, 5) is 53.9. The monoisotopic (exact) mass is 538 g/mol. The molecule has 212 valence electrons. The summed E-state index contributed by atoms with van der Waals surface area (Å²) in [5.74, 6) is -1.83. The van der Waals surface area contributed by atoms with E-state index in [-0.39, 0.29) is 0 Å². The highest BCUT2D eigenvalue weighted by atomic mass is 16.6. The van der Waals surface area contributed by atoms with E-state index in [1.807, 2.05) is 63.2 Å². The number of carbonyl (C=O) groups excluding carboxylic acids is 4. The Bertz CT molecular complexity index is 1160. The summed E-state index contributed by atoms with van der Waals surface area (Å²) in [6.45, 7) is 14.4. The van der Waals surface area contributed by atoms with Crippen LogP contribution in [0.2, 0.25) is 0 Å². The lowest BCUT2D eigenvalue weighted by Gasteiger charge is -2.37. The molecule has 2 atom stereocenters. The minimum atomic E-state index is -1.33. The molecule has 0 spiro atoms. The number of rotatable bonds is 10. The molecule has 0 aliphatic carbocycles. The van der Waals surface area contributed by atoms with Gasteiger partial charge in [0.15, 0.2) is 0 Å². The van der Waals surface area contributed by atoms with Gasteiger partial charge in [0.05, 0.1) is 6.42 Å². The van der Waals surface area contributed by atoms with Crippen molar-refractivity contribution >= 4 is 29.5 Å². The van der Waals surface area contributed by atoms with E-state index < -0.39 is 54.0 Å². The van der Waals surface area contributed by atoms with Gasteiger partial charge in [-0.1, -0.05) is 49.4 Å². The van der Waals surface area contributed by atoms with Crippen LogP contribution in [0.25, 0.3) is 0 Å². The van der Waals surface area contributed by atoms with E-state index in [4.69, 9.17) is 10.5 Å². The highest BCUT2D eigenvalue weighted by Gasteiger charge is 2.38. The molecule has 4 amide bonds. The highest BCUT2D eigenvalue weighted by molar-refractivity contribution is 6.00. The number of anilines is 1. The van der Waals surface area contributed by atoms with E-state index in [1.54, 1.807) is 34.6 Å². The predicted octanol–water partition coefficient (Wildman–Crippen LogP) is 4.55. The van der Waals surface area contributed by atoms with Gasteiger partial charge < -0.3 is 26.0 Å². The molecule has 2 aromatic rings. The number of primary amides is 1. The first-order valence-corrected chi connectivity index (χ1v) is 13.2.